The van der Waals surface area contributed by atoms with E-state index in [2.05, 4.69) is 43.8 Å². The Hall–Kier alpha value is -1.28. The first-order valence-electron chi connectivity index (χ1n) is 6.97. The van der Waals surface area contributed by atoms with Crippen molar-refractivity contribution in [2.24, 2.45) is 5.84 Å². The van der Waals surface area contributed by atoms with E-state index in [1.54, 1.807) is 0 Å². The van der Waals surface area contributed by atoms with E-state index < -0.39 is 0 Å². The van der Waals surface area contributed by atoms with Gasteiger partial charge in [0.05, 0.1) is 0 Å². The van der Waals surface area contributed by atoms with Crippen LogP contribution in [-0.4, -0.2) is 46.1 Å². The zero-order valence-electron chi connectivity index (χ0n) is 12.1. The zero-order valence-corrected chi connectivity index (χ0v) is 12.9. The molecular formula is C12H23N7S. The Morgan fingerprint density at radius 1 is 1.25 bits per heavy atom. The number of anilines is 3. The molecule has 0 saturated carbocycles. The molecule has 1 atom stereocenters. The first kappa shape index (κ1) is 15.1. The summed E-state index contributed by atoms with van der Waals surface area (Å²) in [6.07, 6.45) is 5.56. The van der Waals surface area contributed by atoms with Gasteiger partial charge in [0.25, 0.3) is 0 Å². The lowest BCUT2D eigenvalue weighted by Crippen LogP contribution is -2.23. The Morgan fingerprint density at radius 2 is 1.95 bits per heavy atom. The van der Waals surface area contributed by atoms with Crippen molar-refractivity contribution >= 4 is 29.6 Å². The predicted octanol–water partition coefficient (Wildman–Crippen LogP) is 1.31. The number of hydrogen-bond donors (Lipinski definition) is 3. The summed E-state index contributed by atoms with van der Waals surface area (Å²) in [7, 11) is 0. The van der Waals surface area contributed by atoms with Gasteiger partial charge in [0.1, 0.15) is 0 Å². The van der Waals surface area contributed by atoms with E-state index in [1.165, 1.54) is 12.8 Å². The van der Waals surface area contributed by atoms with Crippen LogP contribution in [0.25, 0.3) is 0 Å². The molecule has 7 nitrogen and oxygen atoms in total. The van der Waals surface area contributed by atoms with Crippen molar-refractivity contribution < 1.29 is 0 Å². The third kappa shape index (κ3) is 4.11. The van der Waals surface area contributed by atoms with Crippen LogP contribution in [-0.2, 0) is 0 Å². The Bertz CT molecular complexity index is 422. The van der Waals surface area contributed by atoms with Crippen LogP contribution in [0.3, 0.4) is 0 Å². The standard InChI is InChI=1S/C12H23N7S/c1-9(20-2)5-6-14-10-15-11(18-13)17-12(16-10)19-7-3-4-8-19/h9H,3-8,13H2,1-2H3,(H2,14,15,16,17,18). The van der Waals surface area contributed by atoms with E-state index in [-0.39, 0.29) is 0 Å². The monoisotopic (exact) mass is 297 g/mol. The predicted molar refractivity (Wildman–Crippen MR) is 85.2 cm³/mol. The maximum atomic E-state index is 5.43. The summed E-state index contributed by atoms with van der Waals surface area (Å²) in [4.78, 5) is 15.2. The summed E-state index contributed by atoms with van der Waals surface area (Å²) in [5.74, 6) is 7.12. The van der Waals surface area contributed by atoms with Crippen molar-refractivity contribution in [2.75, 3.05) is 41.5 Å². The second kappa shape index (κ2) is 7.49. The highest BCUT2D eigenvalue weighted by atomic mass is 32.2. The molecule has 0 aromatic carbocycles. The maximum Gasteiger partial charge on any atom is 0.243 e. The summed E-state index contributed by atoms with van der Waals surface area (Å²) < 4.78 is 0. The fourth-order valence-electron chi connectivity index (χ4n) is 2.07. The molecule has 0 aliphatic carbocycles. The van der Waals surface area contributed by atoms with Crippen molar-refractivity contribution in [3.63, 3.8) is 0 Å². The molecule has 1 aliphatic rings. The summed E-state index contributed by atoms with van der Waals surface area (Å²) in [6, 6.07) is 0. The van der Waals surface area contributed by atoms with Gasteiger partial charge in [0.15, 0.2) is 0 Å². The van der Waals surface area contributed by atoms with Crippen molar-refractivity contribution in [2.45, 2.75) is 31.4 Å². The number of rotatable bonds is 7. The third-order valence-electron chi connectivity index (χ3n) is 3.38. The van der Waals surface area contributed by atoms with Gasteiger partial charge < -0.3 is 10.2 Å². The van der Waals surface area contributed by atoms with Gasteiger partial charge in [-0.3, -0.25) is 5.43 Å². The summed E-state index contributed by atoms with van der Waals surface area (Å²) in [6.45, 7) is 5.05. The summed E-state index contributed by atoms with van der Waals surface area (Å²) >= 11 is 1.86. The number of nitrogens with two attached hydrogens (primary N) is 1. The smallest absolute Gasteiger partial charge is 0.243 e. The Kier molecular flexibility index (Phi) is 5.66. The molecule has 2 rings (SSSR count). The molecule has 1 unspecified atom stereocenters. The van der Waals surface area contributed by atoms with E-state index in [4.69, 9.17) is 5.84 Å². The van der Waals surface area contributed by atoms with Gasteiger partial charge in [-0.1, -0.05) is 6.92 Å². The quantitative estimate of drug-likeness (QED) is 0.512. The molecule has 4 N–H and O–H groups in total. The van der Waals surface area contributed by atoms with E-state index in [0.717, 1.165) is 26.1 Å². The van der Waals surface area contributed by atoms with Gasteiger partial charge in [-0.2, -0.15) is 26.7 Å². The largest absolute Gasteiger partial charge is 0.354 e. The molecule has 8 heteroatoms. The molecular weight excluding hydrogens is 274 g/mol. The van der Waals surface area contributed by atoms with Crippen LogP contribution in [0.4, 0.5) is 17.8 Å². The normalized spacial score (nSPS) is 16.2. The second-order valence-corrected chi connectivity index (χ2v) is 6.16. The minimum Gasteiger partial charge on any atom is -0.354 e. The summed E-state index contributed by atoms with van der Waals surface area (Å²) in [5, 5.41) is 3.87. The van der Waals surface area contributed by atoms with E-state index in [9.17, 15) is 0 Å². The minimum absolute atomic E-state index is 0.405. The second-order valence-electron chi connectivity index (χ2n) is 4.88. The SMILES string of the molecule is CSC(C)CCNc1nc(NN)nc(N2CCCC2)n1. The van der Waals surface area contributed by atoms with Crippen LogP contribution in [0.5, 0.6) is 0 Å². The van der Waals surface area contributed by atoms with Gasteiger partial charge in [-0.05, 0) is 25.5 Å². The molecule has 0 spiro atoms. The maximum absolute atomic E-state index is 5.43. The van der Waals surface area contributed by atoms with Gasteiger partial charge in [-0.25, -0.2) is 5.84 Å². The zero-order chi connectivity index (χ0) is 14.4. The molecule has 1 aliphatic heterocycles. The van der Waals surface area contributed by atoms with Gasteiger partial charge in [0, 0.05) is 24.9 Å². The average molecular weight is 297 g/mol. The Labute approximate surface area is 124 Å². The van der Waals surface area contributed by atoms with Crippen molar-refractivity contribution in [1.29, 1.82) is 0 Å². The molecule has 1 saturated heterocycles. The third-order valence-corrected chi connectivity index (χ3v) is 4.42. The molecule has 1 aromatic rings. The lowest BCUT2D eigenvalue weighted by Gasteiger charge is -2.17. The lowest BCUT2D eigenvalue weighted by molar-refractivity contribution is 0.833. The number of nitrogens with zero attached hydrogens (tertiary/aromatic N) is 4. The number of nitrogens with one attached hydrogen (secondary N) is 2. The van der Waals surface area contributed by atoms with E-state index in [0.29, 0.717) is 23.1 Å². The highest BCUT2D eigenvalue weighted by Crippen LogP contribution is 2.18. The first-order chi connectivity index (χ1) is 9.72. The molecule has 0 bridgehead atoms. The van der Waals surface area contributed by atoms with Gasteiger partial charge in [-0.15, -0.1) is 0 Å². The molecule has 0 radical (unpaired) electrons. The number of hydrogen-bond acceptors (Lipinski definition) is 8. The van der Waals surface area contributed by atoms with Crippen LogP contribution in [0.1, 0.15) is 26.2 Å². The molecule has 112 valence electrons. The molecule has 0 amide bonds. The van der Waals surface area contributed by atoms with Crippen molar-refractivity contribution in [1.82, 2.24) is 15.0 Å². The molecule has 1 fully saturated rings. The first-order valence-corrected chi connectivity index (χ1v) is 8.26. The Morgan fingerprint density at radius 3 is 2.60 bits per heavy atom. The molecule has 2 heterocycles. The highest BCUT2D eigenvalue weighted by molar-refractivity contribution is 7.99. The van der Waals surface area contributed by atoms with Crippen LogP contribution in [0, 0.1) is 0 Å². The van der Waals surface area contributed by atoms with Gasteiger partial charge >= 0.3 is 0 Å². The lowest BCUT2D eigenvalue weighted by atomic mass is 10.3. The van der Waals surface area contributed by atoms with Gasteiger partial charge in [0.2, 0.25) is 17.8 Å². The number of aromatic nitrogens is 3. The fraction of sp³-hybridized carbons (Fsp3) is 0.750. The molecule has 20 heavy (non-hydrogen) atoms. The molecule has 1 aromatic heterocycles. The average Bonchev–Trinajstić information content (AvgIpc) is 3.01. The minimum atomic E-state index is 0.405. The van der Waals surface area contributed by atoms with Crippen LogP contribution in [0.2, 0.25) is 0 Å². The van der Waals surface area contributed by atoms with Crippen molar-refractivity contribution in [3.8, 4) is 0 Å². The van der Waals surface area contributed by atoms with E-state index >= 15 is 0 Å². The fourth-order valence-corrected chi connectivity index (χ4v) is 2.43. The highest BCUT2D eigenvalue weighted by Gasteiger charge is 2.17. The number of hydrazine groups is 1. The van der Waals surface area contributed by atoms with Crippen molar-refractivity contribution in [3.05, 3.63) is 0 Å². The van der Waals surface area contributed by atoms with Crippen LogP contribution in [0.15, 0.2) is 0 Å². The Balaban J connectivity index is 2.01. The van der Waals surface area contributed by atoms with Crippen LogP contribution < -0.4 is 21.5 Å². The topological polar surface area (TPSA) is 92.0 Å². The number of thioether (sulfide) groups is 1. The summed E-state index contributed by atoms with van der Waals surface area (Å²) in [5.41, 5.74) is 2.51. The van der Waals surface area contributed by atoms with E-state index in [1.807, 2.05) is 11.8 Å². The number of nitrogen functional groups attached to an aromatic ring is 1. The van der Waals surface area contributed by atoms with Crippen LogP contribution >= 0.6 is 11.8 Å².